The average Bonchev–Trinajstić information content (AvgIpc) is 2.72. The number of halogens is 3. The molecule has 0 aliphatic heterocycles. The fraction of sp³-hybridized carbons (Fsp3) is 0.318. The molecule has 0 fully saturated rings. The van der Waals surface area contributed by atoms with Gasteiger partial charge in [0.25, 0.3) is 0 Å². The Morgan fingerprint density at radius 3 is 2.55 bits per heavy atom. The van der Waals surface area contributed by atoms with E-state index in [0.29, 0.717) is 23.3 Å². The molecule has 0 amide bonds. The smallest absolute Gasteiger partial charge is 0.416 e. The second-order valence-corrected chi connectivity index (χ2v) is 7.01. The Hall–Kier alpha value is -2.96. The summed E-state index contributed by atoms with van der Waals surface area (Å²) in [5.41, 5.74) is 1.11. The quantitative estimate of drug-likeness (QED) is 0.556. The first kappa shape index (κ1) is 19.4. The molecule has 4 nitrogen and oxygen atoms in total. The lowest BCUT2D eigenvalue weighted by atomic mass is 9.90. The summed E-state index contributed by atoms with van der Waals surface area (Å²) in [5, 5.41) is 0.777. The summed E-state index contributed by atoms with van der Waals surface area (Å²) in [4.78, 5) is 12.5. The van der Waals surface area contributed by atoms with Crippen molar-refractivity contribution < 1.29 is 27.1 Å². The Kier molecular flexibility index (Phi) is 4.98. The van der Waals surface area contributed by atoms with E-state index in [1.807, 2.05) is 6.07 Å². The predicted molar refractivity (Wildman–Crippen MR) is 101 cm³/mol. The van der Waals surface area contributed by atoms with Crippen LogP contribution in [0.5, 0.6) is 11.5 Å². The molecule has 0 unspecified atom stereocenters. The molecule has 3 aromatic rings. The molecule has 0 radical (unpaired) electrons. The first-order chi connectivity index (χ1) is 13.9. The van der Waals surface area contributed by atoms with Crippen LogP contribution < -0.4 is 15.1 Å². The van der Waals surface area contributed by atoms with Crippen LogP contribution >= 0.6 is 0 Å². The van der Waals surface area contributed by atoms with Gasteiger partial charge in [-0.25, -0.2) is 4.79 Å². The molecule has 1 aromatic heterocycles. The molecule has 1 aliphatic carbocycles. The van der Waals surface area contributed by atoms with E-state index in [1.54, 1.807) is 12.1 Å². The van der Waals surface area contributed by atoms with Crippen molar-refractivity contribution in [2.75, 3.05) is 7.11 Å². The lowest BCUT2D eigenvalue weighted by Gasteiger charge is -2.18. The lowest BCUT2D eigenvalue weighted by molar-refractivity contribution is -0.137. The second-order valence-electron chi connectivity index (χ2n) is 7.01. The van der Waals surface area contributed by atoms with Crippen molar-refractivity contribution in [2.45, 2.75) is 38.5 Å². The molecule has 0 atom stereocenters. The molecule has 0 N–H and O–H groups in total. The van der Waals surface area contributed by atoms with Gasteiger partial charge in [-0.05, 0) is 61.1 Å². The summed E-state index contributed by atoms with van der Waals surface area (Å²) >= 11 is 0. The highest BCUT2D eigenvalue weighted by atomic mass is 19.4. The largest absolute Gasteiger partial charge is 0.493 e. The van der Waals surface area contributed by atoms with Crippen LogP contribution in [-0.4, -0.2) is 7.11 Å². The van der Waals surface area contributed by atoms with E-state index in [1.165, 1.54) is 13.2 Å². The van der Waals surface area contributed by atoms with Crippen LogP contribution in [0.2, 0.25) is 0 Å². The number of benzene rings is 2. The summed E-state index contributed by atoms with van der Waals surface area (Å²) in [5.74, 6) is 0.566. The maximum atomic E-state index is 13.0. The Morgan fingerprint density at radius 2 is 1.83 bits per heavy atom. The van der Waals surface area contributed by atoms with Crippen molar-refractivity contribution in [3.63, 3.8) is 0 Å². The molecule has 0 bridgehead atoms. The number of ether oxygens (including phenoxy) is 2. The third-order valence-corrected chi connectivity index (χ3v) is 5.17. The molecule has 4 rings (SSSR count). The van der Waals surface area contributed by atoms with Gasteiger partial charge < -0.3 is 13.9 Å². The van der Waals surface area contributed by atoms with Crippen LogP contribution in [0.1, 0.15) is 35.1 Å². The molecule has 152 valence electrons. The van der Waals surface area contributed by atoms with Crippen molar-refractivity contribution in [2.24, 2.45) is 0 Å². The number of aryl methyl sites for hydroxylation is 1. The third-order valence-electron chi connectivity index (χ3n) is 5.17. The van der Waals surface area contributed by atoms with Crippen LogP contribution in [0.3, 0.4) is 0 Å². The molecular weight excluding hydrogens is 385 g/mol. The fourth-order valence-electron chi connectivity index (χ4n) is 3.76. The maximum Gasteiger partial charge on any atom is 0.416 e. The van der Waals surface area contributed by atoms with E-state index in [-0.39, 0.29) is 17.9 Å². The molecule has 0 spiro atoms. The van der Waals surface area contributed by atoms with Crippen LogP contribution in [0.4, 0.5) is 13.2 Å². The van der Waals surface area contributed by atoms with Gasteiger partial charge in [-0.15, -0.1) is 0 Å². The van der Waals surface area contributed by atoms with E-state index in [0.717, 1.165) is 42.3 Å². The van der Waals surface area contributed by atoms with Gasteiger partial charge in [-0.1, -0.05) is 12.1 Å². The zero-order valence-electron chi connectivity index (χ0n) is 15.8. The normalized spacial score (nSPS) is 13.9. The number of hydrogen-bond acceptors (Lipinski definition) is 4. The van der Waals surface area contributed by atoms with E-state index in [4.69, 9.17) is 13.9 Å². The monoisotopic (exact) mass is 404 g/mol. The van der Waals surface area contributed by atoms with E-state index in [2.05, 4.69) is 0 Å². The lowest BCUT2D eigenvalue weighted by Crippen LogP contribution is -2.16. The molecule has 2 aromatic carbocycles. The molecule has 29 heavy (non-hydrogen) atoms. The Morgan fingerprint density at radius 1 is 1.07 bits per heavy atom. The molecule has 0 saturated carbocycles. The van der Waals surface area contributed by atoms with Gasteiger partial charge in [0, 0.05) is 10.9 Å². The number of rotatable bonds is 4. The van der Waals surface area contributed by atoms with Gasteiger partial charge in [-0.2, -0.15) is 13.2 Å². The van der Waals surface area contributed by atoms with Crippen molar-refractivity contribution >= 4 is 11.0 Å². The Balaban J connectivity index is 1.75. The van der Waals surface area contributed by atoms with Crippen LogP contribution in [0.25, 0.3) is 11.0 Å². The van der Waals surface area contributed by atoms with Gasteiger partial charge in [0.05, 0.1) is 12.7 Å². The predicted octanol–water partition coefficient (Wildman–Crippen LogP) is 5.28. The minimum Gasteiger partial charge on any atom is -0.493 e. The zero-order valence-corrected chi connectivity index (χ0v) is 15.8. The minimum atomic E-state index is -4.43. The van der Waals surface area contributed by atoms with E-state index in [9.17, 15) is 18.0 Å². The maximum absolute atomic E-state index is 13.0. The number of methoxy groups -OCH3 is 1. The summed E-state index contributed by atoms with van der Waals surface area (Å²) in [6, 6.07) is 8.48. The molecule has 7 heteroatoms. The fourth-order valence-corrected chi connectivity index (χ4v) is 3.76. The van der Waals surface area contributed by atoms with Crippen molar-refractivity contribution in [3.05, 3.63) is 69.1 Å². The van der Waals surface area contributed by atoms with Crippen LogP contribution in [0.15, 0.2) is 45.6 Å². The minimum absolute atomic E-state index is 0.125. The van der Waals surface area contributed by atoms with Gasteiger partial charge in [0.15, 0.2) is 11.3 Å². The third kappa shape index (κ3) is 3.69. The molecular formula is C22H19F3O4. The summed E-state index contributed by atoms with van der Waals surface area (Å²) < 4.78 is 55.6. The molecule has 1 heterocycles. The number of hydrogen-bond donors (Lipinski definition) is 0. The van der Waals surface area contributed by atoms with E-state index >= 15 is 0 Å². The van der Waals surface area contributed by atoms with Crippen LogP contribution in [-0.2, 0) is 25.6 Å². The Labute approximate surface area is 164 Å². The average molecular weight is 404 g/mol. The zero-order chi connectivity index (χ0) is 20.6. The highest BCUT2D eigenvalue weighted by Gasteiger charge is 2.30. The summed E-state index contributed by atoms with van der Waals surface area (Å²) in [6.45, 7) is -0.125. The molecule has 0 saturated heterocycles. The van der Waals surface area contributed by atoms with Crippen molar-refractivity contribution in [1.29, 1.82) is 0 Å². The van der Waals surface area contributed by atoms with Crippen molar-refractivity contribution in [3.8, 4) is 11.5 Å². The number of fused-ring (bicyclic) bond motifs is 3. The van der Waals surface area contributed by atoms with E-state index < -0.39 is 17.4 Å². The van der Waals surface area contributed by atoms with Crippen molar-refractivity contribution in [1.82, 2.24) is 0 Å². The molecule has 1 aliphatic rings. The summed E-state index contributed by atoms with van der Waals surface area (Å²) in [7, 11) is 1.45. The highest BCUT2D eigenvalue weighted by molar-refractivity contribution is 5.89. The Bertz CT molecular complexity index is 1120. The number of alkyl halides is 3. The van der Waals surface area contributed by atoms with Crippen LogP contribution in [0, 0.1) is 0 Å². The highest BCUT2D eigenvalue weighted by Crippen LogP contribution is 2.39. The SMILES string of the molecule is COc1ccc2c3c(c(=O)oc2c1OCc1cccc(C(F)(F)F)c1)CCCC3. The first-order valence-corrected chi connectivity index (χ1v) is 9.33. The van der Waals surface area contributed by atoms with Gasteiger partial charge in [-0.3, -0.25) is 0 Å². The standard InChI is InChI=1S/C22H19F3O4/c1-27-18-10-9-16-15-7-2-3-8-17(15)21(26)29-19(16)20(18)28-12-13-5-4-6-14(11-13)22(23,24)25/h4-6,9-11H,2-3,7-8,12H2,1H3. The van der Waals surface area contributed by atoms with Gasteiger partial charge >= 0.3 is 11.8 Å². The van der Waals surface area contributed by atoms with Gasteiger partial charge in [0.1, 0.15) is 6.61 Å². The topological polar surface area (TPSA) is 48.7 Å². The van der Waals surface area contributed by atoms with Gasteiger partial charge in [0.2, 0.25) is 5.75 Å². The summed E-state index contributed by atoms with van der Waals surface area (Å²) in [6.07, 6.45) is -1.05. The second kappa shape index (κ2) is 7.46. The first-order valence-electron chi connectivity index (χ1n) is 9.33.